The summed E-state index contributed by atoms with van der Waals surface area (Å²) in [5.74, 6) is 0.858. The molecule has 24 heavy (non-hydrogen) atoms. The Bertz CT molecular complexity index is 661. The van der Waals surface area contributed by atoms with E-state index in [9.17, 15) is 4.79 Å². The van der Waals surface area contributed by atoms with Crippen molar-refractivity contribution in [3.05, 3.63) is 57.8 Å². The summed E-state index contributed by atoms with van der Waals surface area (Å²) < 4.78 is 0. The Morgan fingerprint density at radius 1 is 1.29 bits per heavy atom. The molecule has 2 unspecified atom stereocenters. The number of rotatable bonds is 7. The van der Waals surface area contributed by atoms with Gasteiger partial charge in [0.2, 0.25) is 5.91 Å². The average Bonchev–Trinajstić information content (AvgIpc) is 3.27. The van der Waals surface area contributed by atoms with E-state index in [-0.39, 0.29) is 11.9 Å². The molecule has 1 aromatic heterocycles. The fourth-order valence-electron chi connectivity index (χ4n) is 3.05. The molecule has 3 rings (SSSR count). The van der Waals surface area contributed by atoms with E-state index in [2.05, 4.69) is 66.8 Å². The van der Waals surface area contributed by atoms with Gasteiger partial charge in [-0.2, -0.15) is 0 Å². The molecule has 0 radical (unpaired) electrons. The predicted octanol–water partition coefficient (Wildman–Crippen LogP) is 3.99. The predicted molar refractivity (Wildman–Crippen MR) is 100 cm³/mol. The Morgan fingerprint density at radius 3 is 2.58 bits per heavy atom. The van der Waals surface area contributed by atoms with Gasteiger partial charge in [0, 0.05) is 10.9 Å². The van der Waals surface area contributed by atoms with E-state index in [1.54, 1.807) is 11.3 Å². The van der Waals surface area contributed by atoms with Gasteiger partial charge in [0.05, 0.1) is 12.6 Å². The number of benzene rings is 1. The zero-order valence-electron chi connectivity index (χ0n) is 14.7. The normalized spacial score (nSPS) is 16.8. The summed E-state index contributed by atoms with van der Waals surface area (Å²) in [6.07, 6.45) is 2.60. The fraction of sp³-hybridized carbons (Fsp3) is 0.450. The zero-order chi connectivity index (χ0) is 17.1. The van der Waals surface area contributed by atoms with Crippen molar-refractivity contribution in [2.45, 2.75) is 38.8 Å². The quantitative estimate of drug-likeness (QED) is 0.825. The van der Waals surface area contributed by atoms with Gasteiger partial charge in [0.15, 0.2) is 0 Å². The maximum Gasteiger partial charge on any atom is 0.234 e. The number of hydrogen-bond donors (Lipinski definition) is 1. The second kappa shape index (κ2) is 7.49. The van der Waals surface area contributed by atoms with Crippen molar-refractivity contribution >= 4 is 17.2 Å². The summed E-state index contributed by atoms with van der Waals surface area (Å²) in [4.78, 5) is 15.9. The van der Waals surface area contributed by atoms with Crippen LogP contribution < -0.4 is 5.32 Å². The van der Waals surface area contributed by atoms with Gasteiger partial charge < -0.3 is 5.32 Å². The van der Waals surface area contributed by atoms with Crippen molar-refractivity contribution in [2.24, 2.45) is 5.92 Å². The highest BCUT2D eigenvalue weighted by atomic mass is 32.1. The van der Waals surface area contributed by atoms with Crippen molar-refractivity contribution in [2.75, 3.05) is 13.6 Å². The molecule has 0 spiro atoms. The van der Waals surface area contributed by atoms with E-state index in [4.69, 9.17) is 0 Å². The number of hydrogen-bond acceptors (Lipinski definition) is 3. The zero-order valence-corrected chi connectivity index (χ0v) is 15.5. The monoisotopic (exact) mass is 342 g/mol. The Kier molecular flexibility index (Phi) is 5.36. The van der Waals surface area contributed by atoms with Crippen LogP contribution in [-0.4, -0.2) is 30.4 Å². The van der Waals surface area contributed by atoms with Crippen LogP contribution in [0.3, 0.4) is 0 Å². The number of likely N-dealkylation sites (N-methyl/N-ethyl adjacent to an activating group) is 1. The summed E-state index contributed by atoms with van der Waals surface area (Å²) >= 11 is 1.68. The minimum absolute atomic E-state index is 0.0669. The first-order valence-corrected chi connectivity index (χ1v) is 9.52. The summed E-state index contributed by atoms with van der Waals surface area (Å²) in [5.41, 5.74) is 2.36. The van der Waals surface area contributed by atoms with Crippen molar-refractivity contribution in [1.82, 2.24) is 10.2 Å². The molecule has 0 aliphatic heterocycles. The van der Waals surface area contributed by atoms with Crippen molar-refractivity contribution in [1.29, 1.82) is 0 Å². The van der Waals surface area contributed by atoms with Crippen LogP contribution in [0.4, 0.5) is 0 Å². The fourth-order valence-corrected chi connectivity index (χ4v) is 3.85. The lowest BCUT2D eigenvalue weighted by Crippen LogP contribution is -2.41. The second-order valence-electron chi connectivity index (χ2n) is 6.92. The lowest BCUT2D eigenvalue weighted by molar-refractivity contribution is -0.122. The number of amides is 1. The van der Waals surface area contributed by atoms with Gasteiger partial charge in [-0.1, -0.05) is 35.9 Å². The maximum atomic E-state index is 12.6. The van der Waals surface area contributed by atoms with E-state index in [1.165, 1.54) is 23.3 Å². The molecule has 1 aromatic carbocycles. The summed E-state index contributed by atoms with van der Waals surface area (Å²) in [6, 6.07) is 13.0. The van der Waals surface area contributed by atoms with Crippen molar-refractivity contribution in [3.8, 4) is 0 Å². The third kappa shape index (κ3) is 4.25. The molecule has 0 saturated heterocycles. The van der Waals surface area contributed by atoms with Crippen LogP contribution in [0.2, 0.25) is 0 Å². The first kappa shape index (κ1) is 17.2. The highest BCUT2D eigenvalue weighted by molar-refractivity contribution is 7.10. The van der Waals surface area contributed by atoms with Gasteiger partial charge >= 0.3 is 0 Å². The highest BCUT2D eigenvalue weighted by Crippen LogP contribution is 2.34. The number of thiophene rings is 1. The van der Waals surface area contributed by atoms with E-state index >= 15 is 0 Å². The first-order chi connectivity index (χ1) is 11.5. The molecule has 1 heterocycles. The van der Waals surface area contributed by atoms with E-state index < -0.39 is 0 Å². The molecule has 1 fully saturated rings. The van der Waals surface area contributed by atoms with Crippen LogP contribution in [0.25, 0.3) is 0 Å². The summed E-state index contributed by atoms with van der Waals surface area (Å²) in [7, 11) is 2.05. The number of carbonyl (C=O) groups excluding carboxylic acids is 1. The topological polar surface area (TPSA) is 32.3 Å². The summed E-state index contributed by atoms with van der Waals surface area (Å²) in [6.45, 7) is 4.75. The van der Waals surface area contributed by atoms with Gasteiger partial charge in [-0.15, -0.1) is 11.3 Å². The smallest absolute Gasteiger partial charge is 0.234 e. The molecule has 128 valence electrons. The van der Waals surface area contributed by atoms with Crippen LogP contribution in [0.5, 0.6) is 0 Å². The highest BCUT2D eigenvalue weighted by Gasteiger charge is 2.31. The molecule has 2 aromatic rings. The maximum absolute atomic E-state index is 12.6. The molecule has 1 N–H and O–H groups in total. The number of carbonyl (C=O) groups is 1. The Morgan fingerprint density at radius 2 is 2.00 bits per heavy atom. The number of aryl methyl sites for hydroxylation is 1. The molecule has 1 aliphatic carbocycles. The Labute approximate surface area is 148 Å². The number of nitrogens with zero attached hydrogens (tertiary/aromatic N) is 1. The molecule has 4 heteroatoms. The number of nitrogens with one attached hydrogen (secondary N) is 1. The van der Waals surface area contributed by atoms with E-state index in [0.717, 1.165) is 11.5 Å². The van der Waals surface area contributed by atoms with Gasteiger partial charge in [-0.3, -0.25) is 9.69 Å². The van der Waals surface area contributed by atoms with Gasteiger partial charge in [-0.25, -0.2) is 0 Å². The summed E-state index contributed by atoms with van der Waals surface area (Å²) in [5, 5.41) is 5.29. The molecular formula is C20H26N2OS. The van der Waals surface area contributed by atoms with E-state index in [0.29, 0.717) is 12.6 Å². The average molecular weight is 343 g/mol. The molecule has 0 bridgehead atoms. The first-order valence-electron chi connectivity index (χ1n) is 8.64. The lowest BCUT2D eigenvalue weighted by Gasteiger charge is -2.25. The van der Waals surface area contributed by atoms with Crippen LogP contribution >= 0.6 is 11.3 Å². The second-order valence-corrected chi connectivity index (χ2v) is 7.90. The van der Waals surface area contributed by atoms with Crippen LogP contribution in [0.1, 0.15) is 41.8 Å². The molecule has 1 aliphatic rings. The van der Waals surface area contributed by atoms with Gasteiger partial charge in [0.1, 0.15) is 0 Å². The minimum Gasteiger partial charge on any atom is -0.343 e. The molecular weight excluding hydrogens is 316 g/mol. The van der Waals surface area contributed by atoms with Crippen LogP contribution in [-0.2, 0) is 4.79 Å². The molecule has 2 atom stereocenters. The molecule has 1 amide bonds. The Hall–Kier alpha value is -1.65. The molecule has 1 saturated carbocycles. The largest absolute Gasteiger partial charge is 0.343 e. The van der Waals surface area contributed by atoms with Crippen LogP contribution in [0, 0.1) is 12.8 Å². The molecule has 3 nitrogen and oxygen atoms in total. The Balaban J connectivity index is 1.69. The van der Waals surface area contributed by atoms with E-state index in [1.807, 2.05) is 6.07 Å². The lowest BCUT2D eigenvalue weighted by atomic mass is 10.0. The third-order valence-electron chi connectivity index (χ3n) is 4.94. The van der Waals surface area contributed by atoms with Crippen molar-refractivity contribution in [3.63, 3.8) is 0 Å². The van der Waals surface area contributed by atoms with Gasteiger partial charge in [-0.05, 0) is 56.7 Å². The standard InChI is InChI=1S/C20H26N2OS/c1-14-6-8-17(9-7-14)20(18-5-4-12-24-18)21-19(23)13-22(3)15(2)16-10-11-16/h4-9,12,15-16,20H,10-11,13H2,1-3H3,(H,21,23). The van der Waals surface area contributed by atoms with Crippen LogP contribution in [0.15, 0.2) is 41.8 Å². The SMILES string of the molecule is Cc1ccc(C(NC(=O)CN(C)C(C)C2CC2)c2cccs2)cc1. The van der Waals surface area contributed by atoms with Crippen molar-refractivity contribution < 1.29 is 4.79 Å². The minimum atomic E-state index is -0.0669. The van der Waals surface area contributed by atoms with Gasteiger partial charge in [0.25, 0.3) is 0 Å². The third-order valence-corrected chi connectivity index (χ3v) is 5.87.